The first-order valence-electron chi connectivity index (χ1n) is 8.61. The second-order valence-corrected chi connectivity index (χ2v) is 6.28. The molecular weight excluding hydrogens is 328 g/mol. The van der Waals surface area contributed by atoms with E-state index in [1.165, 1.54) is 7.11 Å². The van der Waals surface area contributed by atoms with Gasteiger partial charge in [0.05, 0.1) is 18.7 Å². The van der Waals surface area contributed by atoms with Crippen LogP contribution >= 0.6 is 0 Å². The average molecular weight is 350 g/mol. The molecule has 0 aliphatic carbocycles. The standard InChI is InChI=1S/C21H22N2O3/c1-4-15(14-8-6-5-7-9-14)20(24)23-18-16-12-13(2)10-11-17(16)22-19(18)21(25)26-3/h5-12,15,22H,4H2,1-3H3,(H,23,24)/t15-/m1/s1. The highest BCUT2D eigenvalue weighted by molar-refractivity contribution is 6.12. The number of amides is 1. The van der Waals surface area contributed by atoms with E-state index in [0.717, 1.165) is 22.0 Å². The number of fused-ring (bicyclic) bond motifs is 1. The molecule has 2 aromatic carbocycles. The first-order valence-corrected chi connectivity index (χ1v) is 8.61. The highest BCUT2D eigenvalue weighted by atomic mass is 16.5. The minimum Gasteiger partial charge on any atom is -0.464 e. The number of aromatic amines is 1. The number of benzene rings is 2. The van der Waals surface area contributed by atoms with E-state index in [-0.39, 0.29) is 17.5 Å². The number of H-pyrrole nitrogens is 1. The number of hydrogen-bond donors (Lipinski definition) is 2. The van der Waals surface area contributed by atoms with Crippen LogP contribution < -0.4 is 5.32 Å². The molecular formula is C21H22N2O3. The number of rotatable bonds is 5. The first-order chi connectivity index (χ1) is 12.5. The molecule has 26 heavy (non-hydrogen) atoms. The summed E-state index contributed by atoms with van der Waals surface area (Å²) in [6.45, 7) is 3.94. The van der Waals surface area contributed by atoms with Crippen molar-refractivity contribution in [2.45, 2.75) is 26.2 Å². The molecule has 0 radical (unpaired) electrons. The van der Waals surface area contributed by atoms with Gasteiger partial charge in [0, 0.05) is 10.9 Å². The van der Waals surface area contributed by atoms with Gasteiger partial charge in [-0.15, -0.1) is 0 Å². The van der Waals surface area contributed by atoms with Crippen molar-refractivity contribution < 1.29 is 14.3 Å². The SMILES string of the molecule is CC[C@@H](C(=O)Nc1c(C(=O)OC)[nH]c2ccc(C)cc12)c1ccccc1. The van der Waals surface area contributed by atoms with Crippen molar-refractivity contribution in [1.29, 1.82) is 0 Å². The lowest BCUT2D eigenvalue weighted by molar-refractivity contribution is -0.117. The normalized spacial score (nSPS) is 12.0. The van der Waals surface area contributed by atoms with Gasteiger partial charge in [0.1, 0.15) is 5.69 Å². The Labute approximate surface area is 152 Å². The molecule has 0 spiro atoms. The molecule has 1 atom stereocenters. The van der Waals surface area contributed by atoms with E-state index < -0.39 is 5.97 Å². The molecule has 1 amide bonds. The summed E-state index contributed by atoms with van der Waals surface area (Å²) in [6, 6.07) is 15.4. The van der Waals surface area contributed by atoms with Crippen LogP contribution in [0.25, 0.3) is 10.9 Å². The molecule has 0 aliphatic heterocycles. The van der Waals surface area contributed by atoms with Crippen molar-refractivity contribution in [3.8, 4) is 0 Å². The summed E-state index contributed by atoms with van der Waals surface area (Å²) < 4.78 is 4.87. The van der Waals surface area contributed by atoms with Crippen LogP contribution in [0.5, 0.6) is 0 Å². The maximum atomic E-state index is 13.0. The number of methoxy groups -OCH3 is 1. The minimum atomic E-state index is -0.512. The maximum absolute atomic E-state index is 13.0. The van der Waals surface area contributed by atoms with Gasteiger partial charge >= 0.3 is 5.97 Å². The van der Waals surface area contributed by atoms with E-state index in [9.17, 15) is 9.59 Å². The van der Waals surface area contributed by atoms with Gasteiger partial charge in [-0.2, -0.15) is 0 Å². The Hall–Kier alpha value is -3.08. The van der Waals surface area contributed by atoms with Crippen LogP contribution in [-0.4, -0.2) is 24.0 Å². The fourth-order valence-electron chi connectivity index (χ4n) is 3.16. The molecule has 0 bridgehead atoms. The summed E-state index contributed by atoms with van der Waals surface area (Å²) in [5.74, 6) is -0.954. The van der Waals surface area contributed by atoms with E-state index in [1.54, 1.807) is 0 Å². The number of hydrogen-bond acceptors (Lipinski definition) is 3. The summed E-state index contributed by atoms with van der Waals surface area (Å²) in [7, 11) is 1.32. The number of anilines is 1. The van der Waals surface area contributed by atoms with Crippen molar-refractivity contribution in [1.82, 2.24) is 4.98 Å². The lowest BCUT2D eigenvalue weighted by Gasteiger charge is -2.16. The monoisotopic (exact) mass is 350 g/mol. The molecule has 0 saturated heterocycles. The largest absolute Gasteiger partial charge is 0.464 e. The van der Waals surface area contributed by atoms with E-state index in [1.807, 2.05) is 62.4 Å². The van der Waals surface area contributed by atoms with Crippen molar-refractivity contribution in [3.05, 3.63) is 65.4 Å². The predicted octanol–water partition coefficient (Wildman–Crippen LogP) is 4.40. The van der Waals surface area contributed by atoms with Crippen molar-refractivity contribution >= 4 is 28.5 Å². The molecule has 1 aromatic heterocycles. The number of nitrogens with one attached hydrogen (secondary N) is 2. The number of aromatic nitrogens is 1. The molecule has 5 heteroatoms. The summed E-state index contributed by atoms with van der Waals surface area (Å²) in [4.78, 5) is 28.2. The van der Waals surface area contributed by atoms with Crippen LogP contribution in [0.2, 0.25) is 0 Å². The van der Waals surface area contributed by atoms with Gasteiger partial charge in [-0.1, -0.05) is 48.9 Å². The third-order valence-corrected chi connectivity index (χ3v) is 4.52. The van der Waals surface area contributed by atoms with Gasteiger partial charge in [-0.25, -0.2) is 4.79 Å². The van der Waals surface area contributed by atoms with Crippen LogP contribution in [0.1, 0.15) is 40.9 Å². The molecule has 2 N–H and O–H groups in total. The molecule has 3 rings (SSSR count). The number of carbonyl (C=O) groups excluding carboxylic acids is 2. The van der Waals surface area contributed by atoms with E-state index in [4.69, 9.17) is 4.74 Å². The van der Waals surface area contributed by atoms with Gasteiger partial charge in [-0.05, 0) is 31.0 Å². The first kappa shape index (κ1) is 17.7. The molecule has 5 nitrogen and oxygen atoms in total. The highest BCUT2D eigenvalue weighted by Crippen LogP contribution is 2.31. The number of carbonyl (C=O) groups is 2. The second kappa shape index (κ2) is 7.44. The van der Waals surface area contributed by atoms with Gasteiger partial charge in [0.25, 0.3) is 0 Å². The van der Waals surface area contributed by atoms with Crippen LogP contribution in [0.15, 0.2) is 48.5 Å². The molecule has 0 saturated carbocycles. The third kappa shape index (κ3) is 3.33. The van der Waals surface area contributed by atoms with E-state index in [0.29, 0.717) is 12.1 Å². The van der Waals surface area contributed by atoms with Crippen molar-refractivity contribution in [2.24, 2.45) is 0 Å². The van der Waals surface area contributed by atoms with Gasteiger partial charge in [-0.3, -0.25) is 4.79 Å². The molecule has 3 aromatic rings. The zero-order valence-corrected chi connectivity index (χ0v) is 15.1. The van der Waals surface area contributed by atoms with Crippen LogP contribution in [0, 0.1) is 6.92 Å². The minimum absolute atomic E-state index is 0.147. The number of esters is 1. The Bertz CT molecular complexity index is 945. The topological polar surface area (TPSA) is 71.2 Å². The fraction of sp³-hybridized carbons (Fsp3) is 0.238. The zero-order chi connectivity index (χ0) is 18.7. The highest BCUT2D eigenvalue weighted by Gasteiger charge is 2.24. The Balaban J connectivity index is 2.02. The van der Waals surface area contributed by atoms with Gasteiger partial charge in [0.2, 0.25) is 5.91 Å². The van der Waals surface area contributed by atoms with Crippen molar-refractivity contribution in [2.75, 3.05) is 12.4 Å². The number of aryl methyl sites for hydroxylation is 1. The summed E-state index contributed by atoms with van der Waals surface area (Å²) >= 11 is 0. The summed E-state index contributed by atoms with van der Waals surface area (Å²) in [6.07, 6.45) is 0.658. The van der Waals surface area contributed by atoms with Gasteiger partial charge < -0.3 is 15.0 Å². The van der Waals surface area contributed by atoms with E-state index in [2.05, 4.69) is 10.3 Å². The molecule has 0 unspecified atom stereocenters. The Morgan fingerprint density at radius 2 is 1.88 bits per heavy atom. The molecule has 1 heterocycles. The maximum Gasteiger partial charge on any atom is 0.356 e. The quantitative estimate of drug-likeness (QED) is 0.670. The van der Waals surface area contributed by atoms with E-state index >= 15 is 0 Å². The second-order valence-electron chi connectivity index (χ2n) is 6.28. The summed E-state index contributed by atoms with van der Waals surface area (Å²) in [5.41, 5.74) is 3.49. The Kier molecular flexibility index (Phi) is 5.07. The zero-order valence-electron chi connectivity index (χ0n) is 15.1. The average Bonchev–Trinajstić information content (AvgIpc) is 3.00. The van der Waals surface area contributed by atoms with Gasteiger partial charge in [0.15, 0.2) is 0 Å². The van der Waals surface area contributed by atoms with Crippen LogP contribution in [0.3, 0.4) is 0 Å². The van der Waals surface area contributed by atoms with Crippen LogP contribution in [0.4, 0.5) is 5.69 Å². The molecule has 134 valence electrons. The summed E-state index contributed by atoms with van der Waals surface area (Å²) in [5, 5.41) is 3.75. The van der Waals surface area contributed by atoms with Crippen LogP contribution in [-0.2, 0) is 9.53 Å². The number of ether oxygens (including phenoxy) is 1. The lowest BCUT2D eigenvalue weighted by Crippen LogP contribution is -2.22. The Morgan fingerprint density at radius 3 is 2.54 bits per heavy atom. The fourth-order valence-corrected chi connectivity index (χ4v) is 3.16. The van der Waals surface area contributed by atoms with Crippen molar-refractivity contribution in [3.63, 3.8) is 0 Å². The lowest BCUT2D eigenvalue weighted by atomic mass is 9.95. The Morgan fingerprint density at radius 1 is 1.15 bits per heavy atom. The molecule has 0 aliphatic rings. The predicted molar refractivity (Wildman–Crippen MR) is 102 cm³/mol. The molecule has 0 fully saturated rings. The smallest absolute Gasteiger partial charge is 0.356 e. The third-order valence-electron chi connectivity index (χ3n) is 4.52.